The fourth-order valence-electron chi connectivity index (χ4n) is 1.75. The molecule has 1 aromatic heterocycles. The number of rotatable bonds is 3. The molecule has 1 aliphatic rings. The molecular formula is C12H9FN4O3S3. The molecule has 0 atom stereocenters. The lowest BCUT2D eigenvalue weighted by molar-refractivity contribution is -0.113. The van der Waals surface area contributed by atoms with Crippen molar-refractivity contribution in [2.75, 3.05) is 16.4 Å². The van der Waals surface area contributed by atoms with E-state index < -0.39 is 15.8 Å². The minimum atomic E-state index is -3.99. The van der Waals surface area contributed by atoms with Gasteiger partial charge in [-0.3, -0.25) is 4.79 Å². The molecule has 1 aliphatic heterocycles. The number of thiazole rings is 1. The van der Waals surface area contributed by atoms with Crippen molar-refractivity contribution in [3.8, 4) is 0 Å². The van der Waals surface area contributed by atoms with Crippen LogP contribution in [-0.2, 0) is 14.8 Å². The number of benzene rings is 1. The maximum atomic E-state index is 13.2. The van der Waals surface area contributed by atoms with Crippen molar-refractivity contribution >= 4 is 55.0 Å². The van der Waals surface area contributed by atoms with Crippen LogP contribution in [0.1, 0.15) is 0 Å². The molecule has 0 aliphatic carbocycles. The Labute approximate surface area is 139 Å². The first-order chi connectivity index (χ1) is 10.9. The first-order valence-corrected chi connectivity index (χ1v) is 9.48. The van der Waals surface area contributed by atoms with Gasteiger partial charge in [-0.2, -0.15) is 8.42 Å². The number of amidine groups is 1. The van der Waals surface area contributed by atoms with Gasteiger partial charge in [0, 0.05) is 11.6 Å². The normalized spacial score (nSPS) is 15.3. The molecule has 3 rings (SSSR count). The van der Waals surface area contributed by atoms with E-state index in [9.17, 15) is 17.6 Å². The molecule has 1 amide bonds. The van der Waals surface area contributed by atoms with Gasteiger partial charge in [0.05, 0.1) is 11.4 Å². The van der Waals surface area contributed by atoms with Crippen LogP contribution < -0.4 is 10.6 Å². The summed E-state index contributed by atoms with van der Waals surface area (Å²) >= 11 is 2.20. The SMILES string of the molecule is O=C(CSC1=NS(=O)(=O)c2cc(F)ccc2N1)Nc1nccs1. The van der Waals surface area contributed by atoms with Crippen LogP contribution in [0.25, 0.3) is 0 Å². The third kappa shape index (κ3) is 3.68. The van der Waals surface area contributed by atoms with E-state index in [2.05, 4.69) is 20.0 Å². The summed E-state index contributed by atoms with van der Waals surface area (Å²) in [6.07, 6.45) is 1.56. The van der Waals surface area contributed by atoms with Crippen molar-refractivity contribution in [1.29, 1.82) is 0 Å². The van der Waals surface area contributed by atoms with Gasteiger partial charge in [0.15, 0.2) is 10.3 Å². The quantitative estimate of drug-likeness (QED) is 0.856. The molecule has 23 heavy (non-hydrogen) atoms. The number of fused-ring (bicyclic) bond motifs is 1. The Kier molecular flexibility index (Phi) is 4.33. The molecule has 2 heterocycles. The number of carbonyl (C=O) groups excluding carboxylic acids is 1. The number of carbonyl (C=O) groups is 1. The second kappa shape index (κ2) is 6.26. The Hall–Kier alpha value is -1.98. The van der Waals surface area contributed by atoms with Crippen molar-refractivity contribution in [1.82, 2.24) is 4.98 Å². The molecule has 0 fully saturated rings. The van der Waals surface area contributed by atoms with Crippen LogP contribution in [0.4, 0.5) is 15.2 Å². The summed E-state index contributed by atoms with van der Waals surface area (Å²) in [6.45, 7) is 0. The molecule has 11 heteroatoms. The van der Waals surface area contributed by atoms with E-state index in [0.29, 0.717) is 5.13 Å². The average molecular weight is 372 g/mol. The lowest BCUT2D eigenvalue weighted by atomic mass is 10.3. The molecule has 2 N–H and O–H groups in total. The molecule has 0 bridgehead atoms. The zero-order valence-electron chi connectivity index (χ0n) is 11.3. The van der Waals surface area contributed by atoms with E-state index >= 15 is 0 Å². The highest BCUT2D eigenvalue weighted by Crippen LogP contribution is 2.30. The minimum absolute atomic E-state index is 0.0442. The highest BCUT2D eigenvalue weighted by Gasteiger charge is 2.26. The van der Waals surface area contributed by atoms with Crippen molar-refractivity contribution in [3.05, 3.63) is 35.6 Å². The number of amides is 1. The van der Waals surface area contributed by atoms with Crippen molar-refractivity contribution in [3.63, 3.8) is 0 Å². The van der Waals surface area contributed by atoms with E-state index in [1.165, 1.54) is 17.4 Å². The fraction of sp³-hybridized carbons (Fsp3) is 0.0833. The number of halogens is 1. The van der Waals surface area contributed by atoms with Crippen LogP contribution in [0.5, 0.6) is 0 Å². The second-order valence-electron chi connectivity index (χ2n) is 4.31. The molecule has 0 saturated heterocycles. The van der Waals surface area contributed by atoms with E-state index in [4.69, 9.17) is 0 Å². The number of aromatic nitrogens is 1. The van der Waals surface area contributed by atoms with E-state index in [1.807, 2.05) is 0 Å². The van der Waals surface area contributed by atoms with Crippen LogP contribution in [-0.4, -0.2) is 30.2 Å². The van der Waals surface area contributed by atoms with Crippen molar-refractivity contribution in [2.45, 2.75) is 4.90 Å². The Morgan fingerprint density at radius 2 is 2.26 bits per heavy atom. The van der Waals surface area contributed by atoms with Gasteiger partial charge in [-0.05, 0) is 18.2 Å². The average Bonchev–Trinajstić information content (AvgIpc) is 2.98. The predicted octanol–water partition coefficient (Wildman–Crippen LogP) is 2.12. The van der Waals surface area contributed by atoms with Crippen LogP contribution in [0.3, 0.4) is 0 Å². The van der Waals surface area contributed by atoms with E-state index in [1.54, 1.807) is 11.6 Å². The molecule has 0 radical (unpaired) electrons. The number of sulfonamides is 1. The molecule has 7 nitrogen and oxygen atoms in total. The van der Waals surface area contributed by atoms with Crippen molar-refractivity contribution < 1.29 is 17.6 Å². The minimum Gasteiger partial charge on any atom is -0.333 e. The molecule has 0 saturated carbocycles. The number of anilines is 2. The zero-order chi connectivity index (χ0) is 16.4. The Morgan fingerprint density at radius 3 is 3.00 bits per heavy atom. The third-order valence-electron chi connectivity index (χ3n) is 2.68. The lowest BCUT2D eigenvalue weighted by Crippen LogP contribution is -2.22. The van der Waals surface area contributed by atoms with E-state index in [-0.39, 0.29) is 27.4 Å². The zero-order valence-corrected chi connectivity index (χ0v) is 13.8. The van der Waals surface area contributed by atoms with Gasteiger partial charge in [-0.1, -0.05) is 11.8 Å². The number of thioether (sulfide) groups is 1. The summed E-state index contributed by atoms with van der Waals surface area (Å²) in [7, 11) is -3.99. The van der Waals surface area contributed by atoms with Crippen molar-refractivity contribution in [2.24, 2.45) is 4.40 Å². The molecular weight excluding hydrogens is 363 g/mol. The van der Waals surface area contributed by atoms with Crippen LogP contribution in [0, 0.1) is 5.82 Å². The summed E-state index contributed by atoms with van der Waals surface area (Å²) in [5, 5.41) is 7.58. The Balaban J connectivity index is 1.69. The molecule has 120 valence electrons. The first-order valence-electron chi connectivity index (χ1n) is 6.18. The van der Waals surface area contributed by atoms with Gasteiger partial charge in [0.2, 0.25) is 5.91 Å². The first kappa shape index (κ1) is 15.9. The van der Waals surface area contributed by atoms with Gasteiger partial charge in [0.25, 0.3) is 10.0 Å². The number of hydrogen-bond donors (Lipinski definition) is 2. The highest BCUT2D eigenvalue weighted by molar-refractivity contribution is 8.15. The van der Waals surface area contributed by atoms with Gasteiger partial charge >= 0.3 is 0 Å². The molecule has 1 aromatic carbocycles. The Morgan fingerprint density at radius 1 is 1.43 bits per heavy atom. The topological polar surface area (TPSA) is 101 Å². The van der Waals surface area contributed by atoms with Crippen LogP contribution >= 0.6 is 23.1 Å². The number of hydrogen-bond acceptors (Lipinski definition) is 7. The largest absolute Gasteiger partial charge is 0.333 e. The van der Waals surface area contributed by atoms with Gasteiger partial charge < -0.3 is 10.6 Å². The second-order valence-corrected chi connectivity index (χ2v) is 7.74. The summed E-state index contributed by atoms with van der Waals surface area (Å²) in [4.78, 5) is 15.4. The van der Waals surface area contributed by atoms with Gasteiger partial charge in [0.1, 0.15) is 10.7 Å². The number of nitrogens with one attached hydrogen (secondary N) is 2. The smallest absolute Gasteiger partial charge is 0.286 e. The number of nitrogens with zero attached hydrogens (tertiary/aromatic N) is 2. The summed E-state index contributed by atoms with van der Waals surface area (Å²) in [6, 6.07) is 3.36. The fourth-order valence-corrected chi connectivity index (χ4v) is 4.34. The van der Waals surface area contributed by atoms with Gasteiger partial charge in [-0.15, -0.1) is 15.7 Å². The summed E-state index contributed by atoms with van der Waals surface area (Å²) in [5.41, 5.74) is 0.226. The molecule has 0 spiro atoms. The van der Waals surface area contributed by atoms with Gasteiger partial charge in [-0.25, -0.2) is 9.37 Å². The molecule has 0 unspecified atom stereocenters. The highest BCUT2D eigenvalue weighted by atomic mass is 32.2. The predicted molar refractivity (Wildman–Crippen MR) is 87.8 cm³/mol. The monoisotopic (exact) mass is 372 g/mol. The summed E-state index contributed by atoms with van der Waals surface area (Å²) in [5.74, 6) is -1.04. The Bertz CT molecular complexity index is 881. The maximum Gasteiger partial charge on any atom is 0.286 e. The van der Waals surface area contributed by atoms with Crippen LogP contribution in [0.2, 0.25) is 0 Å². The standard InChI is InChI=1S/C12H9FN4O3S3/c13-7-1-2-8-9(5-7)23(19,20)17-12(15-8)22-6-10(18)16-11-14-3-4-21-11/h1-5H,6H2,(H,15,17)(H,14,16,18). The third-order valence-corrected chi connectivity index (χ3v) is 5.68. The molecule has 2 aromatic rings. The lowest BCUT2D eigenvalue weighted by Gasteiger charge is -2.17. The maximum absolute atomic E-state index is 13.2. The van der Waals surface area contributed by atoms with Crippen LogP contribution in [0.15, 0.2) is 39.1 Å². The summed E-state index contributed by atoms with van der Waals surface area (Å²) < 4.78 is 40.8. The van der Waals surface area contributed by atoms with E-state index in [0.717, 1.165) is 23.9 Å².